The summed E-state index contributed by atoms with van der Waals surface area (Å²) >= 11 is 1.07. The van der Waals surface area contributed by atoms with Gasteiger partial charge in [-0.15, -0.1) is 11.3 Å². The summed E-state index contributed by atoms with van der Waals surface area (Å²) in [7, 11) is -0.248. The van der Waals surface area contributed by atoms with E-state index < -0.39 is 36.9 Å². The average Bonchev–Trinajstić information content (AvgIpc) is 3.30. The topological polar surface area (TPSA) is 211 Å². The van der Waals surface area contributed by atoms with Crippen LogP contribution in [0.1, 0.15) is 40.9 Å². The van der Waals surface area contributed by atoms with Gasteiger partial charge in [-0.05, 0) is 37.4 Å². The van der Waals surface area contributed by atoms with Crippen LogP contribution in [0.15, 0.2) is 28.7 Å². The minimum atomic E-state index is -1.50. The number of benzene rings is 1. The quantitative estimate of drug-likeness (QED) is 0.0991. The Labute approximate surface area is 211 Å². The summed E-state index contributed by atoms with van der Waals surface area (Å²) < 4.78 is 5.40. The maximum Gasteiger partial charge on any atom is 0.547 e. The number of rotatable bonds is 11. The lowest BCUT2D eigenvalue weighted by atomic mass is 9.72. The predicted molar refractivity (Wildman–Crippen MR) is 133 cm³/mol. The summed E-state index contributed by atoms with van der Waals surface area (Å²) in [5.74, 6) is -3.18. The average molecular weight is 518 g/mol. The Bertz CT molecular complexity index is 1140. The highest BCUT2D eigenvalue weighted by molar-refractivity contribution is 7.14. The zero-order valence-electron chi connectivity index (χ0n) is 19.5. The number of hydrogen-bond donors (Lipinski definition) is 6. The van der Waals surface area contributed by atoms with Crippen molar-refractivity contribution in [3.05, 3.63) is 40.4 Å². The Morgan fingerprint density at radius 2 is 2.17 bits per heavy atom. The number of carbonyl (C=O) groups excluding carboxylic acids is 2. The van der Waals surface area contributed by atoms with E-state index in [0.29, 0.717) is 18.5 Å². The molecule has 2 heterocycles. The number of fused-ring (bicyclic) bond motifs is 1. The third-order valence-corrected chi connectivity index (χ3v) is 6.10. The number of aromatic nitrogens is 1. The van der Waals surface area contributed by atoms with E-state index in [0.717, 1.165) is 24.2 Å². The molecule has 0 fully saturated rings. The number of oxime groups is 1. The largest absolute Gasteiger partial charge is 0.547 e. The number of nitrogens with one attached hydrogen (secondary N) is 2. The van der Waals surface area contributed by atoms with Gasteiger partial charge in [0, 0.05) is 5.38 Å². The molecule has 36 heavy (non-hydrogen) atoms. The fourth-order valence-corrected chi connectivity index (χ4v) is 4.22. The third-order valence-electron chi connectivity index (χ3n) is 5.35. The number of anilines is 1. The van der Waals surface area contributed by atoms with Crippen LogP contribution in [-0.2, 0) is 20.8 Å². The van der Waals surface area contributed by atoms with Crippen LogP contribution < -0.4 is 26.8 Å². The molecular formula is C21H27BN6O7S. The molecule has 1 aliphatic rings. The minimum Gasteiger partial charge on any atom is -0.534 e. The van der Waals surface area contributed by atoms with E-state index in [1.807, 2.05) is 0 Å². The van der Waals surface area contributed by atoms with Gasteiger partial charge in [0.2, 0.25) is 5.91 Å². The van der Waals surface area contributed by atoms with Gasteiger partial charge in [-0.25, -0.2) is 9.78 Å². The molecule has 0 bridgehead atoms. The van der Waals surface area contributed by atoms with Gasteiger partial charge >= 0.3 is 13.1 Å². The van der Waals surface area contributed by atoms with Crippen molar-refractivity contribution in [2.24, 2.45) is 16.6 Å². The fourth-order valence-electron chi connectivity index (χ4n) is 3.53. The molecule has 1 aromatic heterocycles. The molecule has 3 rings (SSSR count). The summed E-state index contributed by atoms with van der Waals surface area (Å²) in [5.41, 5.74) is 11.7. The van der Waals surface area contributed by atoms with Crippen LogP contribution in [0.5, 0.6) is 5.75 Å². The molecular weight excluding hydrogens is 491 g/mol. The van der Waals surface area contributed by atoms with E-state index in [-0.39, 0.29) is 34.3 Å². The Kier molecular flexibility index (Phi) is 9.35. The van der Waals surface area contributed by atoms with Gasteiger partial charge in [0.05, 0.1) is 17.5 Å². The second-order valence-corrected chi connectivity index (χ2v) is 8.79. The normalized spacial score (nSPS) is 15.9. The molecule has 2 unspecified atom stereocenters. The third kappa shape index (κ3) is 6.57. The number of unbranched alkanes of at least 4 members (excludes halogenated alkanes) is 1. The highest BCUT2D eigenvalue weighted by Crippen LogP contribution is 2.30. The molecule has 0 spiro atoms. The molecule has 0 saturated heterocycles. The van der Waals surface area contributed by atoms with Crippen molar-refractivity contribution in [1.82, 2.24) is 10.3 Å². The van der Waals surface area contributed by atoms with Crippen molar-refractivity contribution in [3.8, 4) is 5.75 Å². The van der Waals surface area contributed by atoms with Crippen molar-refractivity contribution in [2.75, 3.05) is 19.0 Å². The molecule has 2 aromatic rings. The summed E-state index contributed by atoms with van der Waals surface area (Å²) in [6.45, 7) is 0.522. The zero-order valence-corrected chi connectivity index (χ0v) is 20.3. The van der Waals surface area contributed by atoms with E-state index in [2.05, 4.69) is 20.8 Å². The Balaban J connectivity index is 1.68. The standard InChI is InChI=1S/C21H27BN6O7S/c1-34-28-16(14-10-36-21(25-14)27-18(29)13(24)7-2-3-8-23)19(30)26-15-9-11-5-4-6-12(20(31)32)17(11)35-22(15)33/h4-6,10,13,15,33H,2-3,7-9,23-24H2,1H3,(H,26,30)(H,31,32)(H,25,27,29)/b28-16-. The molecule has 8 N–H and O–H groups in total. The van der Waals surface area contributed by atoms with Gasteiger partial charge in [0.25, 0.3) is 5.91 Å². The zero-order chi connectivity index (χ0) is 26.2. The number of nitrogens with zero attached hydrogens (tertiary/aromatic N) is 2. The number of carboxylic acid groups (broad SMARTS) is 1. The fraction of sp³-hybridized carbons (Fsp3) is 0.381. The lowest BCUT2D eigenvalue weighted by molar-refractivity contribution is -0.117. The van der Waals surface area contributed by atoms with Crippen molar-refractivity contribution < 1.29 is 34.0 Å². The number of nitrogens with two attached hydrogens (primary N) is 2. The summed E-state index contributed by atoms with van der Waals surface area (Å²) in [4.78, 5) is 45.7. The number of para-hydroxylation sites is 1. The summed E-state index contributed by atoms with van der Waals surface area (Å²) in [5, 5.41) is 30.4. The number of amides is 2. The number of aromatic carboxylic acids is 1. The first-order valence-electron chi connectivity index (χ1n) is 11.1. The first kappa shape index (κ1) is 27.1. The van der Waals surface area contributed by atoms with Gasteiger partial charge < -0.3 is 41.7 Å². The van der Waals surface area contributed by atoms with Gasteiger partial charge in [-0.1, -0.05) is 23.7 Å². The first-order valence-corrected chi connectivity index (χ1v) is 12.0. The number of carbonyl (C=O) groups is 3. The van der Waals surface area contributed by atoms with Crippen LogP contribution in [0, 0.1) is 0 Å². The van der Waals surface area contributed by atoms with Crippen LogP contribution in [0.2, 0.25) is 0 Å². The smallest absolute Gasteiger partial charge is 0.534 e. The van der Waals surface area contributed by atoms with E-state index in [1.165, 1.54) is 18.6 Å². The summed E-state index contributed by atoms with van der Waals surface area (Å²) in [6, 6.07) is 3.83. The van der Waals surface area contributed by atoms with E-state index in [1.54, 1.807) is 12.1 Å². The van der Waals surface area contributed by atoms with Gasteiger partial charge in [0.15, 0.2) is 10.8 Å². The maximum atomic E-state index is 13.0. The second kappa shape index (κ2) is 12.4. The van der Waals surface area contributed by atoms with Crippen molar-refractivity contribution in [3.63, 3.8) is 0 Å². The monoisotopic (exact) mass is 518 g/mol. The molecule has 0 radical (unpaired) electrons. The molecule has 2 amide bonds. The van der Waals surface area contributed by atoms with Crippen molar-refractivity contribution in [1.29, 1.82) is 0 Å². The molecule has 192 valence electrons. The lowest BCUT2D eigenvalue weighted by Gasteiger charge is -2.28. The first-order chi connectivity index (χ1) is 17.2. The Morgan fingerprint density at radius 3 is 2.86 bits per heavy atom. The van der Waals surface area contributed by atoms with Crippen LogP contribution in [0.25, 0.3) is 0 Å². The van der Waals surface area contributed by atoms with E-state index >= 15 is 0 Å². The van der Waals surface area contributed by atoms with E-state index in [9.17, 15) is 24.5 Å². The van der Waals surface area contributed by atoms with Crippen LogP contribution >= 0.6 is 11.3 Å². The molecule has 0 aliphatic carbocycles. The Morgan fingerprint density at radius 1 is 1.39 bits per heavy atom. The SMILES string of the molecule is CO/N=C(\C(=O)NC1Cc2cccc(C(=O)O)c2OB1O)c1csc(NC(=O)C(N)CCCCN)n1. The number of hydrogen-bond acceptors (Lipinski definition) is 11. The number of thiazole rings is 1. The van der Waals surface area contributed by atoms with Gasteiger partial charge in [-0.2, -0.15) is 0 Å². The highest BCUT2D eigenvalue weighted by Gasteiger charge is 2.38. The molecule has 2 atom stereocenters. The molecule has 1 aliphatic heterocycles. The maximum absolute atomic E-state index is 13.0. The minimum absolute atomic E-state index is 0.0508. The van der Waals surface area contributed by atoms with Crippen LogP contribution in [0.3, 0.4) is 0 Å². The van der Waals surface area contributed by atoms with Crippen molar-refractivity contribution >= 4 is 47.1 Å². The van der Waals surface area contributed by atoms with Crippen LogP contribution in [-0.4, -0.2) is 71.4 Å². The lowest BCUT2D eigenvalue weighted by Crippen LogP contribution is -2.54. The van der Waals surface area contributed by atoms with Crippen molar-refractivity contribution in [2.45, 2.75) is 37.7 Å². The molecule has 15 heteroatoms. The highest BCUT2D eigenvalue weighted by atomic mass is 32.1. The van der Waals surface area contributed by atoms with Gasteiger partial charge in [0.1, 0.15) is 18.6 Å². The number of carboxylic acids is 1. The second-order valence-electron chi connectivity index (χ2n) is 7.93. The van der Waals surface area contributed by atoms with Crippen LogP contribution in [0.4, 0.5) is 5.13 Å². The molecule has 1 aromatic carbocycles. The summed E-state index contributed by atoms with van der Waals surface area (Å²) in [6.07, 6.45) is 2.08. The van der Waals surface area contributed by atoms with E-state index in [4.69, 9.17) is 21.0 Å². The predicted octanol–water partition coefficient (Wildman–Crippen LogP) is -0.274. The molecule has 0 saturated carbocycles. The van der Waals surface area contributed by atoms with Gasteiger partial charge in [-0.3, -0.25) is 9.59 Å². The Hall–Kier alpha value is -3.53. The molecule has 13 nitrogen and oxygen atoms in total.